The van der Waals surface area contributed by atoms with Crippen LogP contribution in [-0.4, -0.2) is 0 Å². The van der Waals surface area contributed by atoms with Gasteiger partial charge in [0.15, 0.2) is 0 Å². The van der Waals surface area contributed by atoms with Gasteiger partial charge in [-0.3, -0.25) is 0 Å². The maximum Gasteiger partial charge on any atom is 2.00 e. The molecule has 0 saturated heterocycles. The summed E-state index contributed by atoms with van der Waals surface area (Å²) in [6.45, 7) is 0. The zero-order valence-electron chi connectivity index (χ0n) is 12.8. The third-order valence-corrected chi connectivity index (χ3v) is 5.59. The molecule has 0 unspecified atom stereocenters. The largest absolute Gasteiger partial charge is 2.00 e. The summed E-state index contributed by atoms with van der Waals surface area (Å²) < 4.78 is 2.40. The maximum absolute atomic E-state index is 3.76. The Labute approximate surface area is 191 Å². The molecule has 2 aromatic carbocycles. The molecule has 0 atom stereocenters. The van der Waals surface area contributed by atoms with Crippen molar-refractivity contribution in [3.8, 4) is 11.1 Å². The van der Waals surface area contributed by atoms with Gasteiger partial charge >= 0.3 is 26.2 Å². The van der Waals surface area contributed by atoms with Crippen molar-refractivity contribution in [2.24, 2.45) is 0 Å². The van der Waals surface area contributed by atoms with Crippen molar-refractivity contribution in [2.45, 2.75) is 19.3 Å². The number of fused-ring (bicyclic) bond motifs is 3. The quantitative estimate of drug-likeness (QED) is 0.418. The standard InChI is InChI=1S/C19H14Br2.2ClH.Zr/c20-14-5-6-15-13(10-14)11-17-16(15)7-8-19(21)18(17)9-12-3-1-2-4-12;;;/h1-3,5-8,10H,4,9,11H2;2*1H;/q;;;+2/p-2. The first-order valence-electron chi connectivity index (χ1n) is 7.16. The Morgan fingerprint density at radius 3 is 2.42 bits per heavy atom. The fraction of sp³-hybridized carbons (Fsp3) is 0.158. The van der Waals surface area contributed by atoms with Crippen LogP contribution in [0.3, 0.4) is 0 Å². The molecule has 0 heterocycles. The molecule has 0 fully saturated rings. The summed E-state index contributed by atoms with van der Waals surface area (Å²) >= 11 is 7.35. The zero-order valence-corrected chi connectivity index (χ0v) is 19.9. The molecule has 2 aromatic rings. The van der Waals surface area contributed by atoms with Crippen LogP contribution in [0, 0.1) is 0 Å². The number of halogens is 4. The summed E-state index contributed by atoms with van der Waals surface area (Å²) in [6.07, 6.45) is 9.83. The Kier molecular flexibility index (Phi) is 8.70. The van der Waals surface area contributed by atoms with Crippen LogP contribution in [-0.2, 0) is 39.0 Å². The van der Waals surface area contributed by atoms with E-state index in [0.717, 1.165) is 23.7 Å². The van der Waals surface area contributed by atoms with Crippen LogP contribution in [0.5, 0.6) is 0 Å². The van der Waals surface area contributed by atoms with Gasteiger partial charge in [0, 0.05) is 8.95 Å². The van der Waals surface area contributed by atoms with Gasteiger partial charge < -0.3 is 24.8 Å². The summed E-state index contributed by atoms with van der Waals surface area (Å²) in [7, 11) is 0. The summed E-state index contributed by atoms with van der Waals surface area (Å²) in [5.41, 5.74) is 8.67. The molecule has 0 nitrogen and oxygen atoms in total. The third kappa shape index (κ3) is 4.18. The van der Waals surface area contributed by atoms with Crippen LogP contribution < -0.4 is 24.8 Å². The fourth-order valence-electron chi connectivity index (χ4n) is 3.32. The van der Waals surface area contributed by atoms with Crippen LogP contribution in [0.25, 0.3) is 11.1 Å². The molecule has 4 rings (SSSR count). The van der Waals surface area contributed by atoms with Gasteiger partial charge in [-0.05, 0) is 65.3 Å². The van der Waals surface area contributed by atoms with Crippen LogP contribution in [0.1, 0.15) is 23.1 Å². The van der Waals surface area contributed by atoms with E-state index in [1.165, 1.54) is 37.9 Å². The van der Waals surface area contributed by atoms with E-state index in [0.29, 0.717) is 0 Å². The zero-order chi connectivity index (χ0) is 14.4. The van der Waals surface area contributed by atoms with E-state index in [-0.39, 0.29) is 51.0 Å². The Balaban J connectivity index is 0.000000960. The average molecular weight is 564 g/mol. The van der Waals surface area contributed by atoms with E-state index in [1.807, 2.05) is 0 Å². The molecule has 24 heavy (non-hydrogen) atoms. The Hall–Kier alpha value is 0.343. The third-order valence-electron chi connectivity index (χ3n) is 4.35. The van der Waals surface area contributed by atoms with Gasteiger partial charge in [0.05, 0.1) is 0 Å². The van der Waals surface area contributed by atoms with Crippen molar-refractivity contribution >= 4 is 31.9 Å². The smallest absolute Gasteiger partial charge is 1.00 e. The summed E-state index contributed by atoms with van der Waals surface area (Å²) in [5, 5.41) is 0. The Morgan fingerprint density at radius 1 is 0.958 bits per heavy atom. The first-order valence-corrected chi connectivity index (χ1v) is 8.74. The topological polar surface area (TPSA) is 0 Å². The molecule has 0 spiro atoms. The molecule has 0 aromatic heterocycles. The molecule has 0 saturated carbocycles. The molecular formula is C19H14Br2Cl2Zr. The van der Waals surface area contributed by atoms with Crippen LogP contribution in [0.4, 0.5) is 0 Å². The molecule has 0 radical (unpaired) electrons. The SMILES string of the molecule is Brc1ccc2c(c1)Cc1c-2ccc(Br)c1CC1=CC=CC1.[Cl-].[Cl-].[Zr+2]. The Bertz CT molecular complexity index is 813. The van der Waals surface area contributed by atoms with Crippen LogP contribution in [0.15, 0.2) is 63.1 Å². The molecule has 0 aliphatic heterocycles. The maximum atomic E-state index is 3.76. The van der Waals surface area contributed by atoms with Crippen molar-refractivity contribution in [1.29, 1.82) is 0 Å². The minimum atomic E-state index is 0. The average Bonchev–Trinajstić information content (AvgIpc) is 3.08. The second kappa shape index (κ2) is 9.33. The monoisotopic (exact) mass is 560 g/mol. The van der Waals surface area contributed by atoms with E-state index in [2.05, 4.69) is 80.4 Å². The van der Waals surface area contributed by atoms with Crippen molar-refractivity contribution in [1.82, 2.24) is 0 Å². The number of rotatable bonds is 2. The number of hydrogen-bond donors (Lipinski definition) is 0. The summed E-state index contributed by atoms with van der Waals surface area (Å²) in [4.78, 5) is 0. The van der Waals surface area contributed by atoms with Crippen molar-refractivity contribution in [3.63, 3.8) is 0 Å². The molecule has 5 heteroatoms. The van der Waals surface area contributed by atoms with E-state index in [1.54, 1.807) is 0 Å². The van der Waals surface area contributed by atoms with Gasteiger partial charge in [0.1, 0.15) is 0 Å². The first-order chi connectivity index (χ1) is 10.2. The van der Waals surface area contributed by atoms with Gasteiger partial charge in [0.2, 0.25) is 0 Å². The molecule has 0 bridgehead atoms. The molecular weight excluding hydrogens is 550 g/mol. The normalized spacial score (nSPS) is 13.2. The van der Waals surface area contributed by atoms with Crippen LogP contribution >= 0.6 is 31.9 Å². The van der Waals surface area contributed by atoms with Crippen molar-refractivity contribution < 1.29 is 51.0 Å². The summed E-state index contributed by atoms with van der Waals surface area (Å²) in [5.74, 6) is 0. The van der Waals surface area contributed by atoms with Gasteiger partial charge in [-0.25, -0.2) is 0 Å². The predicted molar refractivity (Wildman–Crippen MR) is 95.6 cm³/mol. The van der Waals surface area contributed by atoms with Gasteiger partial charge in [-0.15, -0.1) is 0 Å². The second-order valence-electron chi connectivity index (χ2n) is 5.66. The van der Waals surface area contributed by atoms with Crippen molar-refractivity contribution in [3.05, 3.63) is 79.8 Å². The minimum Gasteiger partial charge on any atom is -1.00 e. The van der Waals surface area contributed by atoms with Crippen molar-refractivity contribution in [2.75, 3.05) is 0 Å². The van der Waals surface area contributed by atoms with E-state index < -0.39 is 0 Å². The summed E-state index contributed by atoms with van der Waals surface area (Å²) in [6, 6.07) is 11.1. The number of hydrogen-bond acceptors (Lipinski definition) is 0. The molecule has 2 aliphatic carbocycles. The molecule has 2 aliphatic rings. The van der Waals surface area contributed by atoms with Gasteiger partial charge in [-0.1, -0.05) is 67.8 Å². The van der Waals surface area contributed by atoms with E-state index in [4.69, 9.17) is 0 Å². The predicted octanol–water partition coefficient (Wildman–Crippen LogP) is 0.217. The molecule has 0 N–H and O–H groups in total. The second-order valence-corrected chi connectivity index (χ2v) is 7.43. The van der Waals surface area contributed by atoms with E-state index in [9.17, 15) is 0 Å². The molecule has 0 amide bonds. The molecule has 122 valence electrons. The number of allylic oxidation sites excluding steroid dienone is 4. The number of benzene rings is 2. The minimum absolute atomic E-state index is 0. The Morgan fingerprint density at radius 2 is 1.71 bits per heavy atom. The van der Waals surface area contributed by atoms with Gasteiger partial charge in [0.25, 0.3) is 0 Å². The fourth-order valence-corrected chi connectivity index (χ4v) is 4.24. The van der Waals surface area contributed by atoms with E-state index >= 15 is 0 Å². The van der Waals surface area contributed by atoms with Crippen LogP contribution in [0.2, 0.25) is 0 Å². The first kappa shape index (κ1) is 22.4. The van der Waals surface area contributed by atoms with Gasteiger partial charge in [-0.2, -0.15) is 0 Å².